The Balaban J connectivity index is 1.44. The molecule has 0 N–H and O–H groups in total. The number of rotatable bonds is 3. The van der Waals surface area contributed by atoms with E-state index in [4.69, 9.17) is 0 Å². The average Bonchev–Trinajstić information content (AvgIpc) is 3.57. The van der Waals surface area contributed by atoms with Crippen LogP contribution in [-0.2, 0) is 0 Å². The molecule has 0 aliphatic carbocycles. The topological polar surface area (TPSA) is 57.4 Å². The molecule has 0 saturated carbocycles. The zero-order valence-electron chi connectivity index (χ0n) is 22.5. The summed E-state index contributed by atoms with van der Waals surface area (Å²) in [4.78, 5) is 0. The van der Waals surface area contributed by atoms with E-state index in [1.807, 2.05) is 24.3 Å². The molecule has 0 fully saturated rings. The second kappa shape index (κ2) is 9.24. The number of hydrogen-bond acceptors (Lipinski definition) is 2. The van der Waals surface area contributed by atoms with Gasteiger partial charge in [0.1, 0.15) is 12.1 Å². The van der Waals surface area contributed by atoms with Crippen LogP contribution in [0.15, 0.2) is 133 Å². The van der Waals surface area contributed by atoms with Crippen molar-refractivity contribution < 1.29 is 0 Å². The summed E-state index contributed by atoms with van der Waals surface area (Å²) in [6.45, 7) is 0. The van der Waals surface area contributed by atoms with Crippen LogP contribution in [-0.4, -0.2) is 9.13 Å². The molecule has 0 spiro atoms. The minimum atomic E-state index is 0.373. The highest BCUT2D eigenvalue weighted by Gasteiger charge is 2.20. The van der Waals surface area contributed by atoms with Crippen molar-refractivity contribution in [2.24, 2.45) is 0 Å². The van der Waals surface area contributed by atoms with Gasteiger partial charge in [0.15, 0.2) is 0 Å². The lowest BCUT2D eigenvalue weighted by Gasteiger charge is -2.11. The summed E-state index contributed by atoms with van der Waals surface area (Å²) in [6.07, 6.45) is 0. The summed E-state index contributed by atoms with van der Waals surface area (Å²) in [7, 11) is 0. The van der Waals surface area contributed by atoms with E-state index < -0.39 is 0 Å². The Bertz CT molecular complexity index is 2430. The van der Waals surface area contributed by atoms with Crippen LogP contribution in [0.5, 0.6) is 0 Å². The molecule has 42 heavy (non-hydrogen) atoms. The van der Waals surface area contributed by atoms with Crippen molar-refractivity contribution in [1.82, 2.24) is 9.13 Å². The number of fused-ring (bicyclic) bond motifs is 6. The van der Waals surface area contributed by atoms with Crippen LogP contribution >= 0.6 is 0 Å². The zero-order chi connectivity index (χ0) is 28.2. The summed E-state index contributed by atoms with van der Waals surface area (Å²) in [5, 5.41) is 24.4. The SMILES string of the molecule is N#Cc1cccc(-n2c3ccccc3c3c(-c4ccc5c(c4)c4ccccc4n5-c4ccccc4)cccc32)c1C#N. The first kappa shape index (κ1) is 23.8. The first-order valence-corrected chi connectivity index (χ1v) is 13.8. The highest BCUT2D eigenvalue weighted by atomic mass is 15.0. The zero-order valence-corrected chi connectivity index (χ0v) is 22.5. The lowest BCUT2D eigenvalue weighted by molar-refractivity contribution is 1.16. The molecule has 6 aromatic carbocycles. The maximum atomic E-state index is 10.1. The molecule has 4 nitrogen and oxygen atoms in total. The minimum Gasteiger partial charge on any atom is -0.309 e. The van der Waals surface area contributed by atoms with Gasteiger partial charge in [-0.1, -0.05) is 78.9 Å². The molecular formula is C38H22N4. The predicted molar refractivity (Wildman–Crippen MR) is 170 cm³/mol. The Labute approximate surface area is 242 Å². The molecule has 0 bridgehead atoms. The molecule has 0 radical (unpaired) electrons. The minimum absolute atomic E-state index is 0.373. The number of benzene rings is 6. The lowest BCUT2D eigenvalue weighted by Crippen LogP contribution is -1.99. The molecule has 8 rings (SSSR count). The van der Waals surface area contributed by atoms with Crippen molar-refractivity contribution in [2.45, 2.75) is 0 Å². The quantitative estimate of drug-likeness (QED) is 0.227. The first-order valence-electron chi connectivity index (χ1n) is 13.8. The third-order valence-electron chi connectivity index (χ3n) is 8.21. The fraction of sp³-hybridized carbons (Fsp3) is 0. The van der Waals surface area contributed by atoms with Gasteiger partial charge < -0.3 is 9.13 Å². The third-order valence-corrected chi connectivity index (χ3v) is 8.21. The molecule has 4 heteroatoms. The van der Waals surface area contributed by atoms with Crippen molar-refractivity contribution in [3.05, 3.63) is 145 Å². The van der Waals surface area contributed by atoms with Crippen LogP contribution in [0.2, 0.25) is 0 Å². The number of para-hydroxylation sites is 3. The molecular weight excluding hydrogens is 512 g/mol. The van der Waals surface area contributed by atoms with Gasteiger partial charge in [0.05, 0.1) is 38.9 Å². The van der Waals surface area contributed by atoms with Gasteiger partial charge in [0, 0.05) is 27.2 Å². The van der Waals surface area contributed by atoms with Gasteiger partial charge in [-0.2, -0.15) is 10.5 Å². The Hall–Kier alpha value is -6.10. The van der Waals surface area contributed by atoms with Crippen LogP contribution in [0.3, 0.4) is 0 Å². The van der Waals surface area contributed by atoms with E-state index in [2.05, 4.69) is 124 Å². The Morgan fingerprint density at radius 2 is 1.14 bits per heavy atom. The molecule has 0 saturated heterocycles. The van der Waals surface area contributed by atoms with E-state index >= 15 is 0 Å². The van der Waals surface area contributed by atoms with Crippen molar-refractivity contribution in [3.8, 4) is 34.6 Å². The largest absolute Gasteiger partial charge is 0.309 e. The Kier molecular flexibility index (Phi) is 5.22. The van der Waals surface area contributed by atoms with Gasteiger partial charge in [-0.15, -0.1) is 0 Å². The van der Waals surface area contributed by atoms with Crippen molar-refractivity contribution in [3.63, 3.8) is 0 Å². The normalized spacial score (nSPS) is 11.3. The molecule has 0 amide bonds. The van der Waals surface area contributed by atoms with E-state index in [1.54, 1.807) is 6.07 Å². The number of nitriles is 2. The number of aromatic nitrogens is 2. The molecule has 0 aliphatic heterocycles. The average molecular weight is 535 g/mol. The van der Waals surface area contributed by atoms with Gasteiger partial charge in [-0.25, -0.2) is 0 Å². The monoisotopic (exact) mass is 534 g/mol. The van der Waals surface area contributed by atoms with Crippen LogP contribution < -0.4 is 0 Å². The second-order valence-corrected chi connectivity index (χ2v) is 10.4. The molecule has 8 aromatic rings. The Morgan fingerprint density at radius 1 is 0.476 bits per heavy atom. The molecule has 2 heterocycles. The van der Waals surface area contributed by atoms with Crippen molar-refractivity contribution >= 4 is 43.6 Å². The van der Waals surface area contributed by atoms with Crippen LogP contribution in [0.25, 0.3) is 66.1 Å². The molecule has 2 aromatic heterocycles. The summed E-state index contributed by atoms with van der Waals surface area (Å²) < 4.78 is 4.44. The van der Waals surface area contributed by atoms with E-state index in [0.29, 0.717) is 16.8 Å². The van der Waals surface area contributed by atoms with Crippen molar-refractivity contribution in [1.29, 1.82) is 10.5 Å². The van der Waals surface area contributed by atoms with E-state index in [-0.39, 0.29) is 0 Å². The lowest BCUT2D eigenvalue weighted by atomic mass is 9.98. The number of hydrogen-bond donors (Lipinski definition) is 0. The van der Waals surface area contributed by atoms with Crippen molar-refractivity contribution in [2.75, 3.05) is 0 Å². The predicted octanol–water partition coefficient (Wildman–Crippen LogP) is 9.29. The van der Waals surface area contributed by atoms with E-state index in [0.717, 1.165) is 44.1 Å². The van der Waals surface area contributed by atoms with Gasteiger partial charge in [0.25, 0.3) is 0 Å². The maximum Gasteiger partial charge on any atom is 0.103 e. The fourth-order valence-corrected chi connectivity index (χ4v) is 6.45. The smallest absolute Gasteiger partial charge is 0.103 e. The summed E-state index contributed by atoms with van der Waals surface area (Å²) in [6, 6.07) is 50.3. The third kappa shape index (κ3) is 3.33. The van der Waals surface area contributed by atoms with Gasteiger partial charge >= 0.3 is 0 Å². The molecule has 194 valence electrons. The van der Waals surface area contributed by atoms with E-state index in [1.165, 1.54) is 16.3 Å². The molecule has 0 unspecified atom stereocenters. The highest BCUT2D eigenvalue weighted by Crippen LogP contribution is 2.41. The highest BCUT2D eigenvalue weighted by molar-refractivity contribution is 6.17. The number of nitrogens with zero attached hydrogens (tertiary/aromatic N) is 4. The van der Waals surface area contributed by atoms with Gasteiger partial charge in [-0.05, 0) is 65.7 Å². The van der Waals surface area contributed by atoms with Gasteiger partial charge in [0.2, 0.25) is 0 Å². The van der Waals surface area contributed by atoms with Crippen LogP contribution in [0, 0.1) is 22.7 Å². The van der Waals surface area contributed by atoms with E-state index in [9.17, 15) is 10.5 Å². The summed E-state index contributed by atoms with van der Waals surface area (Å²) in [5.41, 5.74) is 9.16. The van der Waals surface area contributed by atoms with Crippen LogP contribution in [0.1, 0.15) is 11.1 Å². The molecule has 0 aliphatic rings. The van der Waals surface area contributed by atoms with Crippen LogP contribution in [0.4, 0.5) is 0 Å². The maximum absolute atomic E-state index is 10.1. The summed E-state index contributed by atoms with van der Waals surface area (Å²) >= 11 is 0. The van der Waals surface area contributed by atoms with Gasteiger partial charge in [-0.3, -0.25) is 0 Å². The fourth-order valence-electron chi connectivity index (χ4n) is 6.45. The molecule has 0 atom stereocenters. The second-order valence-electron chi connectivity index (χ2n) is 10.4. The first-order chi connectivity index (χ1) is 20.8. The summed E-state index contributed by atoms with van der Waals surface area (Å²) in [5.74, 6) is 0. The Morgan fingerprint density at radius 3 is 1.93 bits per heavy atom. The standard InChI is InChI=1S/C38H22N4/c39-23-26-10-8-18-35(32(26)24-40)42-34-17-7-5-14-30(34)38-28(15-9-19-37(38)42)25-20-21-36-31(22-25)29-13-4-6-16-33(29)41(36)27-11-2-1-3-12-27/h1-22H.